The molecule has 0 saturated heterocycles. The molecule has 0 aliphatic carbocycles. The van der Waals surface area contributed by atoms with Gasteiger partial charge in [0.25, 0.3) is 0 Å². The minimum atomic E-state index is -3.86. The Morgan fingerprint density at radius 3 is 2.25 bits per heavy atom. The molecule has 0 saturated carbocycles. The molecule has 0 aromatic heterocycles. The van der Waals surface area contributed by atoms with Crippen molar-refractivity contribution in [3.05, 3.63) is 23.3 Å². The summed E-state index contributed by atoms with van der Waals surface area (Å²) in [6.07, 6.45) is 0. The van der Waals surface area contributed by atoms with Crippen molar-refractivity contribution < 1.29 is 13.2 Å². The van der Waals surface area contributed by atoms with Crippen LogP contribution in [0.25, 0.3) is 0 Å². The van der Waals surface area contributed by atoms with Crippen LogP contribution >= 0.6 is 0 Å². The van der Waals surface area contributed by atoms with Gasteiger partial charge < -0.3 is 11.5 Å². The lowest BCUT2D eigenvalue weighted by Crippen LogP contribution is -2.47. The predicted octanol–water partition coefficient (Wildman–Crippen LogP) is 0.674. The number of nitrogens with two attached hydrogens (primary N) is 2. The third-order valence-electron chi connectivity index (χ3n) is 3.09. The van der Waals surface area contributed by atoms with Crippen LogP contribution in [0.15, 0.2) is 17.0 Å². The Kier molecular flexibility index (Phi) is 4.77. The number of primary amides is 1. The predicted molar refractivity (Wildman–Crippen MR) is 78.5 cm³/mol. The summed E-state index contributed by atoms with van der Waals surface area (Å²) in [7, 11) is -3.86. The number of rotatable bonds is 5. The van der Waals surface area contributed by atoms with E-state index in [9.17, 15) is 13.2 Å². The molecule has 0 aliphatic rings. The van der Waals surface area contributed by atoms with Gasteiger partial charge in [0.15, 0.2) is 0 Å². The molecular weight excluding hydrogens is 278 g/mol. The van der Waals surface area contributed by atoms with E-state index in [-0.39, 0.29) is 10.8 Å². The zero-order valence-electron chi connectivity index (χ0n) is 12.1. The Balaban J connectivity index is 3.27. The topological polar surface area (TPSA) is 115 Å². The molecule has 1 unspecified atom stereocenters. The molecule has 20 heavy (non-hydrogen) atoms. The molecule has 6 nitrogen and oxygen atoms in total. The summed E-state index contributed by atoms with van der Waals surface area (Å²) in [5.74, 6) is -0.952. The fourth-order valence-electron chi connectivity index (χ4n) is 1.88. The first-order valence-electron chi connectivity index (χ1n) is 6.24. The third kappa shape index (κ3) is 3.49. The molecule has 1 amide bonds. The normalized spacial score (nSPS) is 13.4. The Bertz CT molecular complexity index is 624. The molecule has 0 spiro atoms. The smallest absolute Gasteiger partial charge is 0.241 e. The number of carbonyl (C=O) groups is 1. The number of aryl methyl sites for hydroxylation is 1. The molecule has 0 radical (unpaired) electrons. The van der Waals surface area contributed by atoms with Gasteiger partial charge in [-0.25, -0.2) is 8.42 Å². The lowest BCUT2D eigenvalue weighted by atomic mass is 10.1. The SMILES string of the molecule is Cc1cc(N)c(C)c(S(=O)(=O)NC(C(N)=O)C(C)C)c1. The number of carbonyl (C=O) groups excluding carboxylic acids is 1. The number of hydrogen-bond acceptors (Lipinski definition) is 4. The van der Waals surface area contributed by atoms with Crippen molar-refractivity contribution in [1.29, 1.82) is 0 Å². The number of amides is 1. The van der Waals surface area contributed by atoms with Crippen molar-refractivity contribution in [3.63, 3.8) is 0 Å². The zero-order chi connectivity index (χ0) is 15.7. The lowest BCUT2D eigenvalue weighted by molar-refractivity contribution is -0.120. The van der Waals surface area contributed by atoms with E-state index in [1.807, 2.05) is 0 Å². The molecule has 1 aromatic carbocycles. The molecule has 0 bridgehead atoms. The van der Waals surface area contributed by atoms with E-state index in [1.54, 1.807) is 33.8 Å². The van der Waals surface area contributed by atoms with Crippen LogP contribution in [0.3, 0.4) is 0 Å². The highest BCUT2D eigenvalue weighted by Gasteiger charge is 2.28. The van der Waals surface area contributed by atoms with Gasteiger partial charge in [-0.1, -0.05) is 13.8 Å². The average Bonchev–Trinajstić information content (AvgIpc) is 2.30. The molecule has 5 N–H and O–H groups in total. The zero-order valence-corrected chi connectivity index (χ0v) is 12.9. The molecule has 1 aromatic rings. The fraction of sp³-hybridized carbons (Fsp3) is 0.462. The fourth-order valence-corrected chi connectivity index (χ4v) is 3.60. The molecule has 0 fully saturated rings. The molecular formula is C13H21N3O3S. The van der Waals surface area contributed by atoms with Crippen LogP contribution in [0.2, 0.25) is 0 Å². The molecule has 0 heterocycles. The van der Waals surface area contributed by atoms with Crippen molar-refractivity contribution in [3.8, 4) is 0 Å². The second kappa shape index (κ2) is 5.80. The van der Waals surface area contributed by atoms with Gasteiger partial charge >= 0.3 is 0 Å². The molecule has 7 heteroatoms. The molecule has 1 atom stereocenters. The molecule has 112 valence electrons. The van der Waals surface area contributed by atoms with Crippen LogP contribution in [0.5, 0.6) is 0 Å². The monoisotopic (exact) mass is 299 g/mol. The summed E-state index contributed by atoms with van der Waals surface area (Å²) in [6.45, 7) is 6.81. The minimum absolute atomic E-state index is 0.0712. The van der Waals surface area contributed by atoms with Gasteiger partial charge in [-0.2, -0.15) is 4.72 Å². The summed E-state index contributed by atoms with van der Waals surface area (Å²) in [5.41, 5.74) is 12.6. The summed E-state index contributed by atoms with van der Waals surface area (Å²) >= 11 is 0. The minimum Gasteiger partial charge on any atom is -0.398 e. The Labute approximate surface area is 119 Å². The summed E-state index contributed by atoms with van der Waals surface area (Å²) in [4.78, 5) is 11.4. The highest BCUT2D eigenvalue weighted by atomic mass is 32.2. The standard InChI is InChI=1S/C13H21N3O3S/c1-7(2)12(13(15)17)16-20(18,19)11-6-8(3)5-10(14)9(11)4/h5-7,12,16H,14H2,1-4H3,(H2,15,17). The van der Waals surface area contributed by atoms with Gasteiger partial charge in [-0.3, -0.25) is 4.79 Å². The number of nitrogen functional groups attached to an aromatic ring is 1. The Morgan fingerprint density at radius 2 is 1.80 bits per heavy atom. The van der Waals surface area contributed by atoms with E-state index in [0.29, 0.717) is 11.3 Å². The first-order chi connectivity index (χ1) is 9.06. The summed E-state index contributed by atoms with van der Waals surface area (Å²) in [5, 5.41) is 0. The van der Waals surface area contributed by atoms with E-state index in [1.165, 1.54) is 6.07 Å². The molecule has 0 aliphatic heterocycles. The van der Waals surface area contributed by atoms with Crippen molar-refractivity contribution in [2.75, 3.05) is 5.73 Å². The maximum absolute atomic E-state index is 12.4. The van der Waals surface area contributed by atoms with Crippen LogP contribution in [-0.4, -0.2) is 20.4 Å². The number of benzene rings is 1. The van der Waals surface area contributed by atoms with Crippen LogP contribution in [0.4, 0.5) is 5.69 Å². The lowest BCUT2D eigenvalue weighted by Gasteiger charge is -2.20. The Morgan fingerprint density at radius 1 is 1.25 bits per heavy atom. The molecule has 1 rings (SSSR count). The van der Waals surface area contributed by atoms with Crippen LogP contribution in [-0.2, 0) is 14.8 Å². The van der Waals surface area contributed by atoms with E-state index < -0.39 is 22.0 Å². The van der Waals surface area contributed by atoms with Gasteiger partial charge in [0, 0.05) is 5.69 Å². The largest absolute Gasteiger partial charge is 0.398 e. The average molecular weight is 299 g/mol. The number of hydrogen-bond donors (Lipinski definition) is 3. The first-order valence-corrected chi connectivity index (χ1v) is 7.73. The number of anilines is 1. The van der Waals surface area contributed by atoms with Gasteiger partial charge in [0.05, 0.1) is 4.90 Å². The number of nitrogens with one attached hydrogen (secondary N) is 1. The second-order valence-corrected chi connectivity index (χ2v) is 6.91. The highest BCUT2D eigenvalue weighted by molar-refractivity contribution is 7.89. The van der Waals surface area contributed by atoms with Crippen molar-refractivity contribution in [1.82, 2.24) is 4.72 Å². The quantitative estimate of drug-likeness (QED) is 0.693. The summed E-state index contributed by atoms with van der Waals surface area (Å²) < 4.78 is 27.2. The van der Waals surface area contributed by atoms with Gasteiger partial charge in [-0.05, 0) is 43.0 Å². The Hall–Kier alpha value is -1.60. The van der Waals surface area contributed by atoms with Gasteiger partial charge in [-0.15, -0.1) is 0 Å². The van der Waals surface area contributed by atoms with E-state index in [2.05, 4.69) is 4.72 Å². The second-order valence-electron chi connectivity index (χ2n) is 5.22. The first kappa shape index (κ1) is 16.5. The number of sulfonamides is 1. The maximum Gasteiger partial charge on any atom is 0.241 e. The van der Waals surface area contributed by atoms with Crippen molar-refractivity contribution in [2.45, 2.75) is 38.6 Å². The van der Waals surface area contributed by atoms with Crippen LogP contribution in [0.1, 0.15) is 25.0 Å². The summed E-state index contributed by atoms with van der Waals surface area (Å²) in [6, 6.07) is 2.26. The van der Waals surface area contributed by atoms with Gasteiger partial charge in [0.1, 0.15) is 6.04 Å². The van der Waals surface area contributed by atoms with Crippen LogP contribution in [0, 0.1) is 19.8 Å². The maximum atomic E-state index is 12.4. The van der Waals surface area contributed by atoms with E-state index in [0.717, 1.165) is 5.56 Å². The van der Waals surface area contributed by atoms with E-state index >= 15 is 0 Å². The van der Waals surface area contributed by atoms with Crippen LogP contribution < -0.4 is 16.2 Å². The van der Waals surface area contributed by atoms with Gasteiger partial charge in [0.2, 0.25) is 15.9 Å². The van der Waals surface area contributed by atoms with Crippen molar-refractivity contribution >= 4 is 21.6 Å². The van der Waals surface area contributed by atoms with Crippen molar-refractivity contribution in [2.24, 2.45) is 11.7 Å². The van der Waals surface area contributed by atoms with E-state index in [4.69, 9.17) is 11.5 Å². The highest BCUT2D eigenvalue weighted by Crippen LogP contribution is 2.23. The third-order valence-corrected chi connectivity index (χ3v) is 4.66.